The molecule has 2 aromatic carbocycles. The second-order valence-electron chi connectivity index (χ2n) is 6.55. The first-order chi connectivity index (χ1) is 15.1. The Bertz CT molecular complexity index is 1250. The predicted molar refractivity (Wildman–Crippen MR) is 118 cm³/mol. The maximum Gasteiger partial charge on any atom is 0.364 e. The number of esters is 1. The van der Waals surface area contributed by atoms with E-state index < -0.39 is 5.97 Å². The standard InChI is InChI=1S/C23H17N3O4S/c27-21-13-12-19(25-26(21)15-16-5-2-1-3-6-16)23(29)30-18-10-8-17(9-11-18)24-22(28)20-7-4-14-31-20/h1-14H,15H2,(H,24,28). The number of nitrogens with zero attached hydrogens (tertiary/aromatic N) is 2. The quantitative estimate of drug-likeness (QED) is 0.370. The Labute approximate surface area is 181 Å². The SMILES string of the molecule is O=C(Oc1ccc(NC(=O)c2cccs2)cc1)c1ccc(=O)n(Cc2ccccc2)n1. The van der Waals surface area contributed by atoms with Gasteiger partial charge in [-0.05, 0) is 47.3 Å². The molecule has 0 saturated carbocycles. The highest BCUT2D eigenvalue weighted by atomic mass is 32.1. The molecule has 0 bridgehead atoms. The fourth-order valence-corrected chi connectivity index (χ4v) is 3.41. The summed E-state index contributed by atoms with van der Waals surface area (Å²) in [6.45, 7) is 0.249. The van der Waals surface area contributed by atoms with Crippen LogP contribution in [-0.2, 0) is 6.54 Å². The molecule has 1 amide bonds. The van der Waals surface area contributed by atoms with Crippen LogP contribution in [0.3, 0.4) is 0 Å². The van der Waals surface area contributed by atoms with Gasteiger partial charge in [0.15, 0.2) is 5.69 Å². The Morgan fingerprint density at radius 1 is 0.935 bits per heavy atom. The lowest BCUT2D eigenvalue weighted by Gasteiger charge is -2.08. The summed E-state index contributed by atoms with van der Waals surface area (Å²) < 4.78 is 6.57. The average Bonchev–Trinajstić information content (AvgIpc) is 3.32. The minimum atomic E-state index is -0.683. The second-order valence-corrected chi connectivity index (χ2v) is 7.49. The summed E-state index contributed by atoms with van der Waals surface area (Å²) in [7, 11) is 0. The van der Waals surface area contributed by atoms with Gasteiger partial charge in [-0.2, -0.15) is 5.10 Å². The van der Waals surface area contributed by atoms with Crippen molar-refractivity contribution in [1.82, 2.24) is 9.78 Å². The van der Waals surface area contributed by atoms with Crippen molar-refractivity contribution in [3.63, 3.8) is 0 Å². The number of rotatable bonds is 6. The van der Waals surface area contributed by atoms with Gasteiger partial charge in [0.1, 0.15) is 5.75 Å². The highest BCUT2D eigenvalue weighted by Crippen LogP contribution is 2.18. The first-order valence-corrected chi connectivity index (χ1v) is 10.3. The summed E-state index contributed by atoms with van der Waals surface area (Å²) >= 11 is 1.35. The molecular formula is C23H17N3O4S. The van der Waals surface area contributed by atoms with Crippen molar-refractivity contribution in [2.45, 2.75) is 6.54 Å². The number of anilines is 1. The number of hydrogen-bond donors (Lipinski definition) is 1. The third-order valence-corrected chi connectivity index (χ3v) is 5.19. The Hall–Kier alpha value is -4.04. The normalized spacial score (nSPS) is 10.5. The molecule has 0 aliphatic heterocycles. The lowest BCUT2D eigenvalue weighted by atomic mass is 10.2. The molecule has 0 aliphatic rings. The van der Waals surface area contributed by atoms with Gasteiger partial charge < -0.3 is 10.1 Å². The van der Waals surface area contributed by atoms with Crippen molar-refractivity contribution < 1.29 is 14.3 Å². The van der Waals surface area contributed by atoms with E-state index in [1.54, 1.807) is 36.4 Å². The zero-order valence-electron chi connectivity index (χ0n) is 16.2. The van der Waals surface area contributed by atoms with Gasteiger partial charge in [-0.15, -0.1) is 11.3 Å². The van der Waals surface area contributed by atoms with Crippen LogP contribution in [0.4, 0.5) is 5.69 Å². The van der Waals surface area contributed by atoms with E-state index in [4.69, 9.17) is 4.74 Å². The summed E-state index contributed by atoms with van der Waals surface area (Å²) in [6, 6.07) is 21.9. The smallest absolute Gasteiger partial charge is 0.364 e. The fourth-order valence-electron chi connectivity index (χ4n) is 2.79. The summed E-state index contributed by atoms with van der Waals surface area (Å²) in [5.74, 6) is -0.594. The van der Waals surface area contributed by atoms with Crippen LogP contribution in [0.1, 0.15) is 25.7 Å². The molecule has 0 fully saturated rings. The predicted octanol–water partition coefficient (Wildman–Crippen LogP) is 3.82. The molecule has 0 radical (unpaired) electrons. The van der Waals surface area contributed by atoms with Gasteiger partial charge in [0, 0.05) is 11.8 Å². The van der Waals surface area contributed by atoms with Gasteiger partial charge in [-0.1, -0.05) is 36.4 Å². The largest absolute Gasteiger partial charge is 0.422 e. The third kappa shape index (κ3) is 5.12. The highest BCUT2D eigenvalue weighted by Gasteiger charge is 2.13. The molecule has 4 rings (SSSR count). The zero-order valence-corrected chi connectivity index (χ0v) is 17.0. The Morgan fingerprint density at radius 2 is 1.71 bits per heavy atom. The molecule has 1 N–H and O–H groups in total. The van der Waals surface area contributed by atoms with E-state index in [0.29, 0.717) is 16.3 Å². The van der Waals surface area contributed by atoms with E-state index in [0.717, 1.165) is 5.56 Å². The number of ether oxygens (including phenoxy) is 1. The van der Waals surface area contributed by atoms with Gasteiger partial charge in [0.25, 0.3) is 11.5 Å². The number of amides is 1. The van der Waals surface area contributed by atoms with E-state index >= 15 is 0 Å². The van der Waals surface area contributed by atoms with Crippen LogP contribution in [0.2, 0.25) is 0 Å². The van der Waals surface area contributed by atoms with Crippen LogP contribution in [0.5, 0.6) is 5.75 Å². The number of benzene rings is 2. The molecule has 154 valence electrons. The molecule has 7 nitrogen and oxygen atoms in total. The lowest BCUT2D eigenvalue weighted by molar-refractivity contribution is 0.0725. The van der Waals surface area contributed by atoms with Gasteiger partial charge in [0.2, 0.25) is 0 Å². The van der Waals surface area contributed by atoms with Crippen molar-refractivity contribution in [3.05, 3.63) is 111 Å². The average molecular weight is 431 g/mol. The lowest BCUT2D eigenvalue weighted by Crippen LogP contribution is -2.26. The molecule has 4 aromatic rings. The number of carbonyl (C=O) groups is 2. The van der Waals surface area contributed by atoms with Crippen LogP contribution in [0, 0.1) is 0 Å². The van der Waals surface area contributed by atoms with Crippen LogP contribution in [-0.4, -0.2) is 21.7 Å². The first kappa shape index (κ1) is 20.2. The van der Waals surface area contributed by atoms with Gasteiger partial charge in [-0.25, -0.2) is 9.48 Å². The van der Waals surface area contributed by atoms with E-state index in [1.165, 1.54) is 28.2 Å². The molecule has 0 aliphatic carbocycles. The molecule has 2 heterocycles. The first-order valence-electron chi connectivity index (χ1n) is 9.38. The van der Waals surface area contributed by atoms with Crippen LogP contribution in [0.15, 0.2) is 89.0 Å². The van der Waals surface area contributed by atoms with Gasteiger partial charge in [0.05, 0.1) is 11.4 Å². The number of nitrogens with one attached hydrogen (secondary N) is 1. The summed E-state index contributed by atoms with van der Waals surface area (Å²) in [4.78, 5) is 37.3. The van der Waals surface area contributed by atoms with E-state index in [9.17, 15) is 14.4 Å². The molecule has 0 saturated heterocycles. The van der Waals surface area contributed by atoms with Gasteiger partial charge >= 0.3 is 5.97 Å². The monoisotopic (exact) mass is 431 g/mol. The topological polar surface area (TPSA) is 90.3 Å². The van der Waals surface area contributed by atoms with Crippen molar-refractivity contribution in [2.24, 2.45) is 0 Å². The highest BCUT2D eigenvalue weighted by molar-refractivity contribution is 7.12. The van der Waals surface area contributed by atoms with Crippen LogP contribution < -0.4 is 15.6 Å². The van der Waals surface area contributed by atoms with Crippen molar-refractivity contribution in [2.75, 3.05) is 5.32 Å². The maximum atomic E-state index is 12.5. The maximum absolute atomic E-state index is 12.5. The van der Waals surface area contributed by atoms with Crippen molar-refractivity contribution >= 4 is 28.9 Å². The molecule has 0 spiro atoms. The number of hydrogen-bond acceptors (Lipinski definition) is 6. The van der Waals surface area contributed by atoms with Crippen LogP contribution in [0.25, 0.3) is 0 Å². The van der Waals surface area contributed by atoms with Crippen molar-refractivity contribution in [1.29, 1.82) is 0 Å². The zero-order chi connectivity index (χ0) is 21.6. The summed E-state index contributed by atoms with van der Waals surface area (Å²) in [5.41, 5.74) is 1.17. The molecule has 0 unspecified atom stereocenters. The van der Waals surface area contributed by atoms with E-state index in [-0.39, 0.29) is 23.7 Å². The number of aromatic nitrogens is 2. The Balaban J connectivity index is 1.42. The molecule has 0 atom stereocenters. The number of thiophene rings is 1. The summed E-state index contributed by atoms with van der Waals surface area (Å²) in [6.07, 6.45) is 0. The Kier molecular flexibility index (Phi) is 6.00. The minimum Gasteiger partial charge on any atom is -0.422 e. The van der Waals surface area contributed by atoms with Crippen molar-refractivity contribution in [3.8, 4) is 5.75 Å². The minimum absolute atomic E-state index is 0.0191. The molecular weight excluding hydrogens is 414 g/mol. The third-order valence-electron chi connectivity index (χ3n) is 4.32. The van der Waals surface area contributed by atoms with E-state index in [2.05, 4.69) is 10.4 Å². The number of carbonyl (C=O) groups excluding carboxylic acids is 2. The van der Waals surface area contributed by atoms with Crippen LogP contribution >= 0.6 is 11.3 Å². The Morgan fingerprint density at radius 3 is 2.42 bits per heavy atom. The molecule has 2 aromatic heterocycles. The van der Waals surface area contributed by atoms with Gasteiger partial charge in [-0.3, -0.25) is 9.59 Å². The second kappa shape index (κ2) is 9.19. The van der Waals surface area contributed by atoms with E-state index in [1.807, 2.05) is 35.7 Å². The fraction of sp³-hybridized carbons (Fsp3) is 0.0435. The molecule has 31 heavy (non-hydrogen) atoms. The molecule has 8 heteroatoms. The summed E-state index contributed by atoms with van der Waals surface area (Å²) in [5, 5.41) is 8.72.